The number of thiophene rings is 1. The lowest BCUT2D eigenvalue weighted by atomic mass is 10.1. The first kappa shape index (κ1) is 17.7. The smallest absolute Gasteiger partial charge is 0.268 e. The van der Waals surface area contributed by atoms with Crippen LogP contribution in [0.1, 0.15) is 44.8 Å². The van der Waals surface area contributed by atoms with E-state index in [-0.39, 0.29) is 5.91 Å². The molecule has 0 unspecified atom stereocenters. The summed E-state index contributed by atoms with van der Waals surface area (Å²) in [5.41, 5.74) is 1.09. The molecule has 0 aliphatic carbocycles. The van der Waals surface area contributed by atoms with Gasteiger partial charge in [0.2, 0.25) is 5.95 Å². The highest BCUT2D eigenvalue weighted by Gasteiger charge is 2.28. The first-order valence-corrected chi connectivity index (χ1v) is 9.72. The molecule has 0 saturated carbocycles. The molecule has 1 saturated heterocycles. The van der Waals surface area contributed by atoms with Crippen molar-refractivity contribution >= 4 is 23.2 Å². The van der Waals surface area contributed by atoms with Crippen molar-refractivity contribution in [3.63, 3.8) is 0 Å². The van der Waals surface area contributed by atoms with Crippen molar-refractivity contribution in [3.8, 4) is 5.75 Å². The summed E-state index contributed by atoms with van der Waals surface area (Å²) in [5, 5.41) is 19.1. The van der Waals surface area contributed by atoms with E-state index in [2.05, 4.69) is 25.4 Å². The summed E-state index contributed by atoms with van der Waals surface area (Å²) in [6.07, 6.45) is 2.19. The number of hydrogen-bond acceptors (Lipinski definition) is 6. The number of benzene rings is 1. The largest absolute Gasteiger partial charge is 0.508 e. The topological polar surface area (TPSA) is 94.1 Å². The lowest BCUT2D eigenvalue weighted by Crippen LogP contribution is -2.22. The molecule has 27 heavy (non-hydrogen) atoms. The number of phenols is 1. The Balaban J connectivity index is 1.45. The highest BCUT2D eigenvalue weighted by atomic mass is 32.1. The van der Waals surface area contributed by atoms with Gasteiger partial charge in [-0.2, -0.15) is 4.98 Å². The zero-order valence-electron chi connectivity index (χ0n) is 15.0. The van der Waals surface area contributed by atoms with Crippen LogP contribution in [0, 0.1) is 6.92 Å². The van der Waals surface area contributed by atoms with Crippen molar-refractivity contribution in [3.05, 3.63) is 57.5 Å². The third-order valence-electron chi connectivity index (χ3n) is 4.66. The van der Waals surface area contributed by atoms with Crippen LogP contribution in [0.15, 0.2) is 36.4 Å². The van der Waals surface area contributed by atoms with Crippen LogP contribution in [0.25, 0.3) is 0 Å². The SMILES string of the molecule is Cc1nc(NC(=O)c2ccc([C@H]3CCCN3Cc3cccc(O)c3)s2)n[nH]1. The van der Waals surface area contributed by atoms with Crippen LogP contribution in [-0.4, -0.2) is 37.6 Å². The molecule has 0 radical (unpaired) electrons. The number of nitrogens with zero attached hydrogens (tertiary/aromatic N) is 3. The van der Waals surface area contributed by atoms with Crippen LogP contribution < -0.4 is 5.32 Å². The fourth-order valence-electron chi connectivity index (χ4n) is 3.44. The molecular formula is C19H21N5O2S. The van der Waals surface area contributed by atoms with Crippen LogP contribution >= 0.6 is 11.3 Å². The van der Waals surface area contributed by atoms with Gasteiger partial charge in [-0.3, -0.25) is 20.1 Å². The Hall–Kier alpha value is -2.71. The molecule has 0 bridgehead atoms. The van der Waals surface area contributed by atoms with Gasteiger partial charge in [-0.25, -0.2) is 0 Å². The van der Waals surface area contributed by atoms with Gasteiger partial charge in [-0.15, -0.1) is 16.4 Å². The first-order chi connectivity index (χ1) is 13.1. The number of amides is 1. The molecule has 4 rings (SSSR count). The highest BCUT2D eigenvalue weighted by molar-refractivity contribution is 7.14. The Bertz CT molecular complexity index is 951. The number of hydrogen-bond donors (Lipinski definition) is 3. The molecule has 3 heterocycles. The zero-order valence-corrected chi connectivity index (χ0v) is 15.8. The molecule has 1 aliphatic rings. The van der Waals surface area contributed by atoms with E-state index >= 15 is 0 Å². The van der Waals surface area contributed by atoms with Crippen LogP contribution in [0.2, 0.25) is 0 Å². The van der Waals surface area contributed by atoms with Gasteiger partial charge in [0.1, 0.15) is 11.6 Å². The van der Waals surface area contributed by atoms with E-state index in [0.717, 1.165) is 31.5 Å². The number of aromatic nitrogens is 3. The summed E-state index contributed by atoms with van der Waals surface area (Å²) in [6.45, 7) is 3.58. The molecule has 1 fully saturated rings. The molecule has 7 nitrogen and oxygen atoms in total. The number of carbonyl (C=O) groups is 1. The minimum atomic E-state index is -0.192. The molecular weight excluding hydrogens is 362 g/mol. The molecule has 1 amide bonds. The quantitative estimate of drug-likeness (QED) is 0.627. The first-order valence-electron chi connectivity index (χ1n) is 8.90. The number of rotatable bonds is 5. The Morgan fingerprint density at radius 1 is 1.41 bits per heavy atom. The van der Waals surface area contributed by atoms with Crippen molar-refractivity contribution in [2.75, 3.05) is 11.9 Å². The van der Waals surface area contributed by atoms with Crippen LogP contribution in [0.3, 0.4) is 0 Å². The Kier molecular flexibility index (Phi) is 4.91. The third kappa shape index (κ3) is 4.01. The molecule has 1 aromatic carbocycles. The van der Waals surface area contributed by atoms with Crippen molar-refractivity contribution < 1.29 is 9.90 Å². The van der Waals surface area contributed by atoms with Gasteiger partial charge in [-0.1, -0.05) is 12.1 Å². The number of nitrogens with one attached hydrogen (secondary N) is 2. The lowest BCUT2D eigenvalue weighted by molar-refractivity contribution is 0.102. The van der Waals surface area contributed by atoms with E-state index in [4.69, 9.17) is 0 Å². The van der Waals surface area contributed by atoms with E-state index in [1.54, 1.807) is 13.0 Å². The lowest BCUT2D eigenvalue weighted by Gasteiger charge is -2.23. The maximum absolute atomic E-state index is 12.4. The van der Waals surface area contributed by atoms with E-state index < -0.39 is 0 Å². The molecule has 1 aliphatic heterocycles. The number of aromatic hydroxyl groups is 1. The molecule has 3 aromatic rings. The maximum atomic E-state index is 12.4. The van der Waals surface area contributed by atoms with E-state index in [0.29, 0.717) is 28.4 Å². The fraction of sp³-hybridized carbons (Fsp3) is 0.316. The van der Waals surface area contributed by atoms with Crippen molar-refractivity contribution in [2.24, 2.45) is 0 Å². The van der Waals surface area contributed by atoms with Gasteiger partial charge < -0.3 is 5.11 Å². The monoisotopic (exact) mass is 383 g/mol. The summed E-state index contributed by atoms with van der Waals surface area (Å²) in [6, 6.07) is 11.6. The van der Waals surface area contributed by atoms with E-state index in [1.807, 2.05) is 30.3 Å². The van der Waals surface area contributed by atoms with Gasteiger partial charge in [-0.05, 0) is 56.1 Å². The van der Waals surface area contributed by atoms with Crippen LogP contribution in [-0.2, 0) is 6.54 Å². The minimum Gasteiger partial charge on any atom is -0.508 e. The van der Waals surface area contributed by atoms with Gasteiger partial charge in [0.05, 0.1) is 4.88 Å². The van der Waals surface area contributed by atoms with Crippen molar-refractivity contribution in [1.82, 2.24) is 20.1 Å². The summed E-state index contributed by atoms with van der Waals surface area (Å²) in [7, 11) is 0. The number of anilines is 1. The number of carbonyl (C=O) groups excluding carboxylic acids is 1. The summed E-state index contributed by atoms with van der Waals surface area (Å²) in [5.74, 6) is 1.05. The zero-order chi connectivity index (χ0) is 18.8. The Morgan fingerprint density at radius 2 is 2.30 bits per heavy atom. The van der Waals surface area contributed by atoms with Gasteiger partial charge >= 0.3 is 0 Å². The second-order valence-electron chi connectivity index (χ2n) is 6.70. The van der Waals surface area contributed by atoms with Crippen LogP contribution in [0.4, 0.5) is 5.95 Å². The minimum absolute atomic E-state index is 0.192. The predicted molar refractivity (Wildman–Crippen MR) is 104 cm³/mol. The summed E-state index contributed by atoms with van der Waals surface area (Å²) >= 11 is 1.51. The normalized spacial score (nSPS) is 17.3. The fourth-order valence-corrected chi connectivity index (χ4v) is 4.52. The highest BCUT2D eigenvalue weighted by Crippen LogP contribution is 2.37. The summed E-state index contributed by atoms with van der Waals surface area (Å²) < 4.78 is 0. The molecule has 2 aromatic heterocycles. The second-order valence-corrected chi connectivity index (χ2v) is 7.81. The molecule has 1 atom stereocenters. The molecule has 8 heteroatoms. The average Bonchev–Trinajstić information content (AvgIpc) is 3.36. The van der Waals surface area contributed by atoms with Gasteiger partial charge in [0, 0.05) is 17.5 Å². The predicted octanol–water partition coefficient (Wildman–Crippen LogP) is 3.47. The molecule has 0 spiro atoms. The van der Waals surface area contributed by atoms with Crippen LogP contribution in [0.5, 0.6) is 5.75 Å². The van der Waals surface area contributed by atoms with Crippen molar-refractivity contribution in [1.29, 1.82) is 0 Å². The number of aromatic amines is 1. The van der Waals surface area contributed by atoms with E-state index in [9.17, 15) is 9.90 Å². The standard InChI is InChI=1S/C19H21N5O2S/c1-12-20-19(23-22-12)21-18(26)17-8-7-16(27-17)15-6-3-9-24(15)11-13-4-2-5-14(25)10-13/h2,4-5,7-8,10,15,25H,3,6,9,11H2,1H3,(H2,20,21,22,23,26)/t15-/m1/s1. The number of likely N-dealkylation sites (tertiary alicyclic amines) is 1. The van der Waals surface area contributed by atoms with E-state index in [1.165, 1.54) is 16.2 Å². The van der Waals surface area contributed by atoms with Crippen molar-refractivity contribution in [2.45, 2.75) is 32.4 Å². The van der Waals surface area contributed by atoms with Gasteiger partial charge in [0.15, 0.2) is 0 Å². The second kappa shape index (κ2) is 7.50. The average molecular weight is 383 g/mol. The molecule has 3 N–H and O–H groups in total. The van der Waals surface area contributed by atoms with Gasteiger partial charge in [0.25, 0.3) is 5.91 Å². The number of H-pyrrole nitrogens is 1. The Morgan fingerprint density at radius 3 is 3.07 bits per heavy atom. The Labute approximate surface area is 161 Å². The maximum Gasteiger partial charge on any atom is 0.268 e. The summed E-state index contributed by atoms with van der Waals surface area (Å²) in [4.78, 5) is 20.8. The third-order valence-corrected chi connectivity index (χ3v) is 5.85. The number of phenolic OH excluding ortho intramolecular Hbond substituents is 1. The number of aryl methyl sites for hydroxylation is 1. The molecule has 140 valence electrons.